The van der Waals surface area contributed by atoms with Gasteiger partial charge >= 0.3 is 0 Å². The summed E-state index contributed by atoms with van der Waals surface area (Å²) in [6.07, 6.45) is 7.18. The molecule has 4 heterocycles. The summed E-state index contributed by atoms with van der Waals surface area (Å²) in [5.41, 5.74) is 1.87. The molecule has 2 fully saturated rings. The Morgan fingerprint density at radius 3 is 2.79 bits per heavy atom. The molecule has 7 nitrogen and oxygen atoms in total. The molecule has 1 unspecified atom stereocenters. The third-order valence-electron chi connectivity index (χ3n) is 5.93. The monoisotopic (exact) mass is 396 g/mol. The Morgan fingerprint density at radius 1 is 1.21 bits per heavy atom. The van der Waals surface area contributed by atoms with Crippen molar-refractivity contribution in [2.24, 2.45) is 0 Å². The van der Waals surface area contributed by atoms with E-state index in [1.54, 1.807) is 17.0 Å². The van der Waals surface area contributed by atoms with Crippen LogP contribution in [0.5, 0.6) is 0 Å². The standard InChI is InChI=1S/C22H28N4O3/c1-17-6-9-25(11-10-24-12-14-29-15-13-24)21(27)20(17)22(28)26-8-3-5-19(26)18-4-2-7-23-16-18/h2,4,6-7,9,16,19H,3,5,8,10-15H2,1H3. The molecule has 0 aromatic carbocycles. The lowest BCUT2D eigenvalue weighted by Gasteiger charge is -2.27. The molecule has 154 valence electrons. The zero-order valence-electron chi connectivity index (χ0n) is 16.9. The Morgan fingerprint density at radius 2 is 2.03 bits per heavy atom. The Bertz CT molecular complexity index is 906. The molecule has 1 amide bonds. The van der Waals surface area contributed by atoms with Crippen LogP contribution in [-0.4, -0.2) is 64.7 Å². The lowest BCUT2D eigenvalue weighted by molar-refractivity contribution is 0.0362. The number of hydrogen-bond donors (Lipinski definition) is 0. The number of aryl methyl sites for hydroxylation is 1. The van der Waals surface area contributed by atoms with Gasteiger partial charge in [-0.2, -0.15) is 0 Å². The van der Waals surface area contributed by atoms with Gasteiger partial charge in [0.2, 0.25) is 0 Å². The van der Waals surface area contributed by atoms with Crippen molar-refractivity contribution >= 4 is 5.91 Å². The average Bonchev–Trinajstić information content (AvgIpc) is 3.24. The van der Waals surface area contributed by atoms with Gasteiger partial charge in [0.25, 0.3) is 11.5 Å². The van der Waals surface area contributed by atoms with Crippen molar-refractivity contribution in [2.75, 3.05) is 39.4 Å². The number of carbonyl (C=O) groups excluding carboxylic acids is 1. The van der Waals surface area contributed by atoms with Crippen LogP contribution in [0.3, 0.4) is 0 Å². The lowest BCUT2D eigenvalue weighted by Crippen LogP contribution is -2.41. The molecule has 0 saturated carbocycles. The van der Waals surface area contributed by atoms with Gasteiger partial charge in [0.1, 0.15) is 5.56 Å². The van der Waals surface area contributed by atoms with Crippen molar-refractivity contribution in [1.29, 1.82) is 0 Å². The smallest absolute Gasteiger partial charge is 0.263 e. The number of aromatic nitrogens is 2. The molecule has 4 rings (SSSR count). The van der Waals surface area contributed by atoms with Crippen LogP contribution in [0.4, 0.5) is 0 Å². The number of carbonyl (C=O) groups is 1. The van der Waals surface area contributed by atoms with Gasteiger partial charge in [-0.3, -0.25) is 19.5 Å². The molecule has 2 aliphatic rings. The van der Waals surface area contributed by atoms with Gasteiger partial charge in [0.15, 0.2) is 0 Å². The summed E-state index contributed by atoms with van der Waals surface area (Å²) in [7, 11) is 0. The van der Waals surface area contributed by atoms with Crippen molar-refractivity contribution in [3.63, 3.8) is 0 Å². The highest BCUT2D eigenvalue weighted by molar-refractivity contribution is 5.95. The maximum Gasteiger partial charge on any atom is 0.263 e. The Balaban J connectivity index is 1.55. The molecule has 0 N–H and O–H groups in total. The van der Waals surface area contributed by atoms with Crippen LogP contribution in [0.2, 0.25) is 0 Å². The summed E-state index contributed by atoms with van der Waals surface area (Å²) >= 11 is 0. The van der Waals surface area contributed by atoms with E-state index in [-0.39, 0.29) is 17.5 Å². The van der Waals surface area contributed by atoms with E-state index in [1.165, 1.54) is 0 Å². The molecular formula is C22H28N4O3. The van der Waals surface area contributed by atoms with Gasteiger partial charge in [-0.05, 0) is 43.0 Å². The zero-order valence-corrected chi connectivity index (χ0v) is 16.9. The first-order valence-corrected chi connectivity index (χ1v) is 10.4. The number of ether oxygens (including phenoxy) is 1. The molecule has 2 aromatic rings. The van der Waals surface area contributed by atoms with Gasteiger partial charge in [0, 0.05) is 51.3 Å². The molecule has 7 heteroatoms. The van der Waals surface area contributed by atoms with E-state index in [9.17, 15) is 9.59 Å². The van der Waals surface area contributed by atoms with E-state index in [4.69, 9.17) is 4.74 Å². The fourth-order valence-electron chi connectivity index (χ4n) is 4.25. The molecule has 1 atom stereocenters. The second-order valence-electron chi connectivity index (χ2n) is 7.77. The van der Waals surface area contributed by atoms with Crippen molar-refractivity contribution in [2.45, 2.75) is 32.4 Å². The first-order chi connectivity index (χ1) is 14.1. The molecule has 29 heavy (non-hydrogen) atoms. The van der Waals surface area contributed by atoms with Crippen molar-refractivity contribution in [3.8, 4) is 0 Å². The largest absolute Gasteiger partial charge is 0.379 e. The van der Waals surface area contributed by atoms with E-state index in [1.807, 2.05) is 36.2 Å². The second kappa shape index (κ2) is 8.88. The molecule has 2 aromatic heterocycles. The fourth-order valence-corrected chi connectivity index (χ4v) is 4.25. The van der Waals surface area contributed by atoms with Gasteiger partial charge in [-0.15, -0.1) is 0 Å². The number of morpholine rings is 1. The summed E-state index contributed by atoms with van der Waals surface area (Å²) in [5, 5.41) is 0. The van der Waals surface area contributed by atoms with Crippen LogP contribution in [0.25, 0.3) is 0 Å². The highest BCUT2D eigenvalue weighted by Gasteiger charge is 2.32. The Labute approximate surface area is 170 Å². The number of pyridine rings is 2. The molecule has 0 bridgehead atoms. The summed E-state index contributed by atoms with van der Waals surface area (Å²) in [6.45, 7) is 7.10. The van der Waals surface area contributed by atoms with Crippen molar-refractivity contribution in [3.05, 3.63) is 63.8 Å². The number of nitrogens with zero attached hydrogens (tertiary/aromatic N) is 4. The number of hydrogen-bond acceptors (Lipinski definition) is 5. The van der Waals surface area contributed by atoms with E-state index >= 15 is 0 Å². The molecule has 0 aliphatic carbocycles. The van der Waals surface area contributed by atoms with E-state index in [2.05, 4.69) is 9.88 Å². The van der Waals surface area contributed by atoms with Crippen LogP contribution < -0.4 is 5.56 Å². The third-order valence-corrected chi connectivity index (χ3v) is 5.93. The van der Waals surface area contributed by atoms with Crippen LogP contribution in [-0.2, 0) is 11.3 Å². The van der Waals surface area contributed by atoms with E-state index in [0.717, 1.165) is 56.8 Å². The quantitative estimate of drug-likeness (QED) is 0.772. The average molecular weight is 396 g/mol. The highest BCUT2D eigenvalue weighted by atomic mass is 16.5. The maximum atomic E-state index is 13.4. The SMILES string of the molecule is Cc1ccn(CCN2CCOCC2)c(=O)c1C(=O)N1CCCC1c1cccnc1. The summed E-state index contributed by atoms with van der Waals surface area (Å²) in [6, 6.07) is 5.75. The predicted octanol–water partition coefficient (Wildman–Crippen LogP) is 1.86. The van der Waals surface area contributed by atoms with Crippen LogP contribution >= 0.6 is 0 Å². The van der Waals surface area contributed by atoms with E-state index < -0.39 is 0 Å². The van der Waals surface area contributed by atoms with Gasteiger partial charge in [-0.1, -0.05) is 6.07 Å². The molecule has 0 radical (unpaired) electrons. The topological polar surface area (TPSA) is 67.7 Å². The van der Waals surface area contributed by atoms with Gasteiger partial charge in [0.05, 0.1) is 19.3 Å². The number of amides is 1. The summed E-state index contributed by atoms with van der Waals surface area (Å²) in [4.78, 5) is 34.9. The minimum absolute atomic E-state index is 0.0167. The second-order valence-corrected chi connectivity index (χ2v) is 7.77. The van der Waals surface area contributed by atoms with Crippen LogP contribution in [0.1, 0.15) is 40.4 Å². The third kappa shape index (κ3) is 4.26. The Kier molecular flexibility index (Phi) is 6.06. The minimum Gasteiger partial charge on any atom is -0.379 e. The zero-order chi connectivity index (χ0) is 20.2. The summed E-state index contributed by atoms with van der Waals surface area (Å²) in [5.74, 6) is -0.167. The summed E-state index contributed by atoms with van der Waals surface area (Å²) < 4.78 is 7.05. The lowest BCUT2D eigenvalue weighted by atomic mass is 10.1. The first-order valence-electron chi connectivity index (χ1n) is 10.4. The van der Waals surface area contributed by atoms with E-state index in [0.29, 0.717) is 18.7 Å². The van der Waals surface area contributed by atoms with Gasteiger partial charge in [-0.25, -0.2) is 0 Å². The fraction of sp³-hybridized carbons (Fsp3) is 0.500. The molecular weight excluding hydrogens is 368 g/mol. The van der Waals surface area contributed by atoms with Crippen molar-refractivity contribution in [1.82, 2.24) is 19.4 Å². The number of rotatable bonds is 5. The number of likely N-dealkylation sites (tertiary alicyclic amines) is 1. The van der Waals surface area contributed by atoms with Crippen LogP contribution in [0, 0.1) is 6.92 Å². The minimum atomic E-state index is -0.194. The maximum absolute atomic E-state index is 13.4. The molecule has 2 saturated heterocycles. The first kappa shape index (κ1) is 19.8. The molecule has 2 aliphatic heterocycles. The van der Waals surface area contributed by atoms with Crippen molar-refractivity contribution < 1.29 is 9.53 Å². The predicted molar refractivity (Wildman–Crippen MR) is 110 cm³/mol. The molecule has 0 spiro atoms. The highest BCUT2D eigenvalue weighted by Crippen LogP contribution is 2.32. The Hall–Kier alpha value is -2.51. The van der Waals surface area contributed by atoms with Crippen LogP contribution in [0.15, 0.2) is 41.6 Å². The normalized spacial score (nSPS) is 20.2. The van der Waals surface area contributed by atoms with Gasteiger partial charge < -0.3 is 14.2 Å².